The van der Waals surface area contributed by atoms with Gasteiger partial charge in [0.2, 0.25) is 17.7 Å². The molecule has 0 spiro atoms. The number of carbonyl (C=O) groups is 3. The molecule has 6 fully saturated rings. The number of anilines is 6. The van der Waals surface area contributed by atoms with Gasteiger partial charge in [-0.05, 0) is 156 Å². The van der Waals surface area contributed by atoms with Gasteiger partial charge in [0.15, 0.2) is 0 Å². The monoisotopic (exact) mass is 1840 g/mol. The molecule has 6 N–H and O–H groups in total. The quantitative estimate of drug-likeness (QED) is 0.0374. The van der Waals surface area contributed by atoms with E-state index in [2.05, 4.69) is 85.2 Å². The van der Waals surface area contributed by atoms with Gasteiger partial charge < -0.3 is 70.3 Å². The molecule has 128 heavy (non-hydrogen) atoms. The zero-order valence-electron chi connectivity index (χ0n) is 71.1. The van der Waals surface area contributed by atoms with Crippen LogP contribution in [0.1, 0.15) is 62.6 Å². The Bertz CT molecular complexity index is 5350. The Kier molecular flexibility index (Phi) is 30.1. The fourth-order valence-electron chi connectivity index (χ4n) is 16.7. The van der Waals surface area contributed by atoms with Crippen LogP contribution in [-0.2, 0) is 42.4 Å². The highest BCUT2D eigenvalue weighted by atomic mass is 35.5. The minimum absolute atomic E-state index is 0.0346. The number of nitrogens with two attached hydrogens (primary N) is 3. The molecule has 29 nitrogen and oxygen atoms in total. The van der Waals surface area contributed by atoms with Crippen molar-refractivity contribution in [3.63, 3.8) is 0 Å². The molecule has 6 aromatic heterocycles. The van der Waals surface area contributed by atoms with Crippen LogP contribution in [0.25, 0.3) is 66.5 Å². The van der Waals surface area contributed by atoms with Gasteiger partial charge in [-0.2, -0.15) is 69.4 Å². The number of amides is 3. The van der Waals surface area contributed by atoms with E-state index < -0.39 is 46.6 Å². The van der Waals surface area contributed by atoms with Crippen LogP contribution in [0.3, 0.4) is 0 Å². The maximum absolute atomic E-state index is 13.9. The lowest BCUT2D eigenvalue weighted by molar-refractivity contribution is -0.138. The summed E-state index contributed by atoms with van der Waals surface area (Å²) < 4.78 is 154. The van der Waals surface area contributed by atoms with Gasteiger partial charge in [-0.25, -0.2) is 15.0 Å². The third-order valence-electron chi connectivity index (χ3n) is 23.9. The fourth-order valence-corrected chi connectivity index (χ4v) is 17.5. The van der Waals surface area contributed by atoms with Crippen LogP contribution in [0.2, 0.25) is 15.1 Å². The molecule has 6 aliphatic heterocycles. The molecule has 0 bridgehead atoms. The van der Waals surface area contributed by atoms with Gasteiger partial charge in [0.25, 0.3) is 0 Å². The number of likely N-dealkylation sites (N-methyl/N-ethyl adjacent to an activating group) is 1. The number of methoxy groups -OCH3 is 2. The van der Waals surface area contributed by atoms with E-state index >= 15 is 0 Å². The van der Waals surface area contributed by atoms with Crippen molar-refractivity contribution in [1.29, 1.82) is 0 Å². The number of halogens is 12. The van der Waals surface area contributed by atoms with Crippen molar-refractivity contribution >= 4 is 120 Å². The summed E-state index contributed by atoms with van der Waals surface area (Å²) in [5.41, 5.74) is 14.4. The molecule has 684 valence electrons. The number of hydrogen-bond acceptors (Lipinski definition) is 26. The molecule has 0 aliphatic carbocycles. The van der Waals surface area contributed by atoms with Crippen LogP contribution >= 0.6 is 34.8 Å². The number of nitrogens with zero attached hydrogens (tertiary/aromatic N) is 18. The fraction of sp³-hybridized carbons (Fsp3) is 0.448. The Hall–Kier alpha value is -11.0. The highest BCUT2D eigenvalue weighted by Gasteiger charge is 2.41. The van der Waals surface area contributed by atoms with Crippen molar-refractivity contribution in [2.45, 2.75) is 88.6 Å². The average Bonchev–Trinajstić information content (AvgIpc) is 0.815. The number of piperazine rings is 3. The molecule has 12 heterocycles. The average molecular weight is 1840 g/mol. The standard InChI is InChI=1S/2C29H33ClF3N7O3.C29H33ClF3N7O2/c2*1-3-25(41)39-9-11-40(12-10-39)27-20-15-22(30)19(26-21(29(31,32)33)6-7-24(34)36-26)16-23(20)35-28(37-27)43-17-18-5-4-8-38(18)13-14-42-2;1-5-25(41)39-8-10-40(11-9-39)27-20-13-22(30)19(26-21(29(31,32)33)6-7-24(34)36-26)14-23(20)35-28(37-27)42-15-18-12-16(2)17(3)38(18)4/h2*3,6-7,15-16,18H,1,4-5,8-14,17H2,2H3,(H2,34,36);5-7,13-14,16-18H,1,8-12,15H2,2-4H3,(H2,34,36)/t18-;;16-,17+,18+/m0.1/s1. The Labute approximate surface area is 747 Å². The molecule has 0 radical (unpaired) electrons. The number of rotatable bonds is 24. The highest BCUT2D eigenvalue weighted by molar-refractivity contribution is 6.35. The van der Waals surface area contributed by atoms with Gasteiger partial charge in [0.05, 0.1) is 78.6 Å². The second-order valence-corrected chi connectivity index (χ2v) is 33.1. The van der Waals surface area contributed by atoms with Crippen molar-refractivity contribution in [3.8, 4) is 51.8 Å². The minimum atomic E-state index is -4.68. The summed E-state index contributed by atoms with van der Waals surface area (Å²) in [7, 11) is 5.39. The summed E-state index contributed by atoms with van der Waals surface area (Å²) >= 11 is 19.9. The van der Waals surface area contributed by atoms with E-state index in [0.717, 1.165) is 94.7 Å². The smallest absolute Gasteiger partial charge is 0.418 e. The summed E-state index contributed by atoms with van der Waals surface area (Å²) in [6.45, 7) is 26.2. The molecule has 5 atom stereocenters. The van der Waals surface area contributed by atoms with Crippen LogP contribution in [0.4, 0.5) is 74.4 Å². The molecule has 15 rings (SSSR count). The molecule has 41 heteroatoms. The highest BCUT2D eigenvalue weighted by Crippen LogP contribution is 2.47. The lowest BCUT2D eigenvalue weighted by atomic mass is 10.0. The molecule has 3 aromatic carbocycles. The lowest BCUT2D eigenvalue weighted by Gasteiger charge is -2.35. The van der Waals surface area contributed by atoms with E-state index in [-0.39, 0.29) is 109 Å². The van der Waals surface area contributed by atoms with E-state index in [1.807, 2.05) is 14.7 Å². The third kappa shape index (κ3) is 21.9. The number of benzene rings is 3. The van der Waals surface area contributed by atoms with Gasteiger partial charge in [-0.3, -0.25) is 29.1 Å². The molecular formula is C87H99Cl3F9N21O8. The number of likely N-dealkylation sites (tertiary alicyclic amines) is 3. The summed E-state index contributed by atoms with van der Waals surface area (Å²) in [5.74, 6) is 1.35. The van der Waals surface area contributed by atoms with Crippen molar-refractivity contribution in [3.05, 3.63) is 143 Å². The molecule has 9 aromatic rings. The van der Waals surface area contributed by atoms with E-state index in [9.17, 15) is 53.9 Å². The first kappa shape index (κ1) is 94.6. The van der Waals surface area contributed by atoms with Gasteiger partial charge >= 0.3 is 36.6 Å². The zero-order valence-corrected chi connectivity index (χ0v) is 73.4. The van der Waals surface area contributed by atoms with E-state index in [0.29, 0.717) is 174 Å². The third-order valence-corrected chi connectivity index (χ3v) is 24.9. The van der Waals surface area contributed by atoms with Gasteiger partial charge in [-0.15, -0.1) is 0 Å². The number of hydrogen-bond donors (Lipinski definition) is 3. The van der Waals surface area contributed by atoms with E-state index in [1.165, 1.54) is 36.4 Å². The first-order chi connectivity index (χ1) is 61.0. The van der Waals surface area contributed by atoms with Crippen LogP contribution in [0.5, 0.6) is 18.0 Å². The Morgan fingerprint density at radius 2 is 0.734 bits per heavy atom. The van der Waals surface area contributed by atoms with Crippen LogP contribution in [-0.4, -0.2) is 275 Å². The molecule has 3 amide bonds. The number of aromatic nitrogens is 9. The summed E-state index contributed by atoms with van der Waals surface area (Å²) in [4.78, 5) is 94.3. The normalized spacial score (nSPS) is 19.1. The SMILES string of the molecule is C=CC(=O)N1CCN(c2nc(OCC3CCCN3CCOC)nc3cc(-c4nc(N)ccc4C(F)(F)F)c(Cl)cc23)CC1.C=CC(=O)N1CCN(c2nc(OC[C@@H]3CCCN3CCOC)nc3cc(-c4nc(N)ccc4C(F)(F)F)c(Cl)cc23)CC1.C=CC(=O)N1CCN(c2nc(OC[C@@H]3C[C@@H](C)[C@H](C)N3C)nc3cc(-c4nc(N)ccc4C(F)(F)F)c(Cl)cc23)CC1. The molecule has 6 aliphatic rings. The zero-order chi connectivity index (χ0) is 91.8. The van der Waals surface area contributed by atoms with E-state index in [4.69, 9.17) is 90.6 Å². The number of carbonyl (C=O) groups excluding carboxylic acids is 3. The van der Waals surface area contributed by atoms with Crippen molar-refractivity contribution in [2.24, 2.45) is 5.92 Å². The van der Waals surface area contributed by atoms with Crippen molar-refractivity contribution in [1.82, 2.24) is 74.3 Å². The lowest BCUT2D eigenvalue weighted by Crippen LogP contribution is -2.48. The number of pyridine rings is 3. The van der Waals surface area contributed by atoms with Gasteiger partial charge in [0.1, 0.15) is 54.7 Å². The molecule has 0 saturated carbocycles. The maximum atomic E-state index is 13.9. The second-order valence-electron chi connectivity index (χ2n) is 31.8. The van der Waals surface area contributed by atoms with Gasteiger partial charge in [-0.1, -0.05) is 61.5 Å². The second kappa shape index (κ2) is 40.8. The topological polar surface area (TPSA) is 321 Å². The molecule has 1 unspecified atom stereocenters. The predicted molar refractivity (Wildman–Crippen MR) is 473 cm³/mol. The van der Waals surface area contributed by atoms with E-state index in [1.54, 1.807) is 47.1 Å². The number of fused-ring (bicyclic) bond motifs is 3. The largest absolute Gasteiger partial charge is 0.462 e. The minimum Gasteiger partial charge on any atom is -0.462 e. The van der Waals surface area contributed by atoms with Gasteiger partial charge in [0, 0.05) is 163 Å². The number of ether oxygens (including phenoxy) is 5. The summed E-state index contributed by atoms with van der Waals surface area (Å²) in [6.07, 6.45) is -5.28. The molecular weight excluding hydrogens is 1740 g/mol. The maximum Gasteiger partial charge on any atom is 0.418 e. The summed E-state index contributed by atoms with van der Waals surface area (Å²) in [6, 6.07) is 16.2. The van der Waals surface area contributed by atoms with Crippen LogP contribution < -0.4 is 46.1 Å². The van der Waals surface area contributed by atoms with Crippen molar-refractivity contribution < 1.29 is 77.6 Å². The van der Waals surface area contributed by atoms with Crippen LogP contribution in [0, 0.1) is 5.92 Å². The number of alkyl halides is 9. The Morgan fingerprint density at radius 3 is 1.00 bits per heavy atom. The summed E-state index contributed by atoms with van der Waals surface area (Å²) in [5, 5.41) is 1.72. The van der Waals surface area contributed by atoms with Crippen molar-refractivity contribution in [2.75, 3.05) is 191 Å². The predicted octanol–water partition coefficient (Wildman–Crippen LogP) is 13.4. The Morgan fingerprint density at radius 1 is 0.438 bits per heavy atom. The van der Waals surface area contributed by atoms with Crippen LogP contribution in [0.15, 0.2) is 111 Å². The first-order valence-corrected chi connectivity index (χ1v) is 42.8. The number of nitrogen functional groups attached to an aromatic ring is 3. The Balaban J connectivity index is 0.000000164. The molecule has 6 saturated heterocycles. The first-order valence-electron chi connectivity index (χ1n) is 41.7.